The first-order chi connectivity index (χ1) is 12.0. The maximum Gasteiger partial charge on any atom is 0.263 e. The zero-order valence-corrected chi connectivity index (χ0v) is 15.7. The van der Waals surface area contributed by atoms with Gasteiger partial charge in [0.25, 0.3) is 5.91 Å². The second kappa shape index (κ2) is 11.3. The molecule has 0 unspecified atom stereocenters. The lowest BCUT2D eigenvalue weighted by molar-refractivity contribution is -0.117. The van der Waals surface area contributed by atoms with Crippen LogP contribution in [0.1, 0.15) is 42.9 Å². The van der Waals surface area contributed by atoms with Gasteiger partial charge in [-0.1, -0.05) is 31.0 Å². The number of nitrogens with one attached hydrogen (secondary N) is 2. The molecule has 1 rings (SSSR count). The molecule has 0 bridgehead atoms. The third kappa shape index (κ3) is 7.40. The smallest absolute Gasteiger partial charge is 0.263 e. The molecule has 0 heterocycles. The summed E-state index contributed by atoms with van der Waals surface area (Å²) in [7, 11) is 0. The van der Waals surface area contributed by atoms with Crippen LogP contribution in [-0.2, 0) is 9.53 Å². The second-order valence-corrected chi connectivity index (χ2v) is 6.16. The predicted octanol–water partition coefficient (Wildman–Crippen LogP) is 3.75. The summed E-state index contributed by atoms with van der Waals surface area (Å²) < 4.78 is 5.44. The van der Waals surface area contributed by atoms with Crippen LogP contribution >= 0.6 is 0 Å². The number of benzene rings is 1. The topological polar surface area (TPSA) is 74.1 Å². The van der Waals surface area contributed by atoms with Gasteiger partial charge in [0.2, 0.25) is 0 Å². The largest absolute Gasteiger partial charge is 0.381 e. The van der Waals surface area contributed by atoms with E-state index in [1.54, 1.807) is 0 Å². The Balaban J connectivity index is 2.51. The highest BCUT2D eigenvalue weighted by Gasteiger charge is 2.09. The molecular formula is C20H29N3O2. The molecule has 0 saturated carbocycles. The fraction of sp³-hybridized carbons (Fsp3) is 0.500. The van der Waals surface area contributed by atoms with E-state index in [9.17, 15) is 10.1 Å². The van der Waals surface area contributed by atoms with Crippen molar-refractivity contribution < 1.29 is 9.53 Å². The third-order valence-electron chi connectivity index (χ3n) is 3.80. The number of carbonyl (C=O) groups is 1. The quantitative estimate of drug-likeness (QED) is 0.385. The highest BCUT2D eigenvalue weighted by Crippen LogP contribution is 2.22. The van der Waals surface area contributed by atoms with Crippen LogP contribution in [0.2, 0.25) is 0 Å². The lowest BCUT2D eigenvalue weighted by Crippen LogP contribution is -2.26. The molecule has 0 spiro atoms. The number of anilines is 1. The van der Waals surface area contributed by atoms with Crippen molar-refractivity contribution in [3.05, 3.63) is 40.6 Å². The summed E-state index contributed by atoms with van der Waals surface area (Å²) in [6, 6.07) is 6.07. The summed E-state index contributed by atoms with van der Waals surface area (Å²) in [4.78, 5) is 12.1. The van der Waals surface area contributed by atoms with Crippen molar-refractivity contribution in [3.63, 3.8) is 0 Å². The van der Waals surface area contributed by atoms with E-state index in [0.29, 0.717) is 13.2 Å². The molecule has 25 heavy (non-hydrogen) atoms. The summed E-state index contributed by atoms with van der Waals surface area (Å²) in [5, 5.41) is 15.1. The number of ether oxygens (including phenoxy) is 1. The number of aryl methyl sites for hydroxylation is 3. The Labute approximate surface area is 151 Å². The summed E-state index contributed by atoms with van der Waals surface area (Å²) in [6.07, 6.45) is 4.37. The first-order valence-electron chi connectivity index (χ1n) is 8.80. The lowest BCUT2D eigenvalue weighted by atomic mass is 10.1. The minimum absolute atomic E-state index is 0.0614. The average molecular weight is 343 g/mol. The van der Waals surface area contributed by atoms with Crippen LogP contribution in [0.25, 0.3) is 0 Å². The summed E-state index contributed by atoms with van der Waals surface area (Å²) in [5.41, 5.74) is 4.33. The summed E-state index contributed by atoms with van der Waals surface area (Å²) in [6.45, 7) is 10.0. The molecule has 1 amide bonds. The van der Waals surface area contributed by atoms with E-state index >= 15 is 0 Å². The minimum atomic E-state index is -0.369. The molecule has 5 heteroatoms. The number of rotatable bonds is 10. The molecule has 0 radical (unpaired) electrons. The van der Waals surface area contributed by atoms with E-state index < -0.39 is 0 Å². The van der Waals surface area contributed by atoms with Gasteiger partial charge in [0.15, 0.2) is 0 Å². The Morgan fingerprint density at radius 2 is 1.84 bits per heavy atom. The molecule has 5 nitrogen and oxygen atoms in total. The van der Waals surface area contributed by atoms with Gasteiger partial charge >= 0.3 is 0 Å². The van der Waals surface area contributed by atoms with Gasteiger partial charge in [-0.25, -0.2) is 0 Å². The van der Waals surface area contributed by atoms with Gasteiger partial charge in [-0.05, 0) is 44.7 Å². The number of unbranched alkanes of at least 4 members (excludes halogenated alkanes) is 1. The first kappa shape index (κ1) is 20.7. The molecule has 0 aliphatic carbocycles. The number of hydrogen-bond acceptors (Lipinski definition) is 4. The maximum absolute atomic E-state index is 12.1. The standard InChI is InChI=1S/C20H29N3O2/c1-5-6-9-25-10-7-8-22-20(24)18(13-21)14-23-19-16(3)11-15(2)12-17(19)4/h11-12,14,23H,5-10H2,1-4H3,(H,22,24)/b18-14-. The Kier molecular flexibility index (Phi) is 9.34. The van der Waals surface area contributed by atoms with E-state index in [4.69, 9.17) is 4.74 Å². The highest BCUT2D eigenvalue weighted by molar-refractivity contribution is 5.97. The molecular weight excluding hydrogens is 314 g/mol. The number of carbonyl (C=O) groups excluding carboxylic acids is 1. The zero-order chi connectivity index (χ0) is 18.7. The zero-order valence-electron chi connectivity index (χ0n) is 15.7. The van der Waals surface area contributed by atoms with Crippen molar-refractivity contribution >= 4 is 11.6 Å². The molecule has 1 aromatic rings. The Hall–Kier alpha value is -2.32. The molecule has 0 aromatic heterocycles. The Bertz CT molecular complexity index is 622. The second-order valence-electron chi connectivity index (χ2n) is 6.16. The number of amides is 1. The van der Waals surface area contributed by atoms with Gasteiger partial charge in [0.05, 0.1) is 0 Å². The Morgan fingerprint density at radius 3 is 2.44 bits per heavy atom. The average Bonchev–Trinajstić information content (AvgIpc) is 2.56. The van der Waals surface area contributed by atoms with E-state index in [0.717, 1.165) is 42.7 Å². The lowest BCUT2D eigenvalue weighted by Gasteiger charge is -2.11. The maximum atomic E-state index is 12.1. The number of nitriles is 1. The molecule has 0 aliphatic rings. The van der Waals surface area contributed by atoms with Crippen molar-refractivity contribution in [2.75, 3.05) is 25.1 Å². The molecule has 0 aliphatic heterocycles. The summed E-state index contributed by atoms with van der Waals surface area (Å²) >= 11 is 0. The van der Waals surface area contributed by atoms with Crippen LogP contribution in [0.3, 0.4) is 0 Å². The van der Waals surface area contributed by atoms with Crippen LogP contribution in [0.15, 0.2) is 23.9 Å². The number of nitrogens with zero attached hydrogens (tertiary/aromatic N) is 1. The molecule has 0 fully saturated rings. The first-order valence-corrected chi connectivity index (χ1v) is 8.80. The Morgan fingerprint density at radius 1 is 1.20 bits per heavy atom. The predicted molar refractivity (Wildman–Crippen MR) is 101 cm³/mol. The van der Waals surface area contributed by atoms with Crippen LogP contribution in [-0.4, -0.2) is 25.7 Å². The van der Waals surface area contributed by atoms with Crippen LogP contribution in [0, 0.1) is 32.1 Å². The minimum Gasteiger partial charge on any atom is -0.381 e. The van der Waals surface area contributed by atoms with Gasteiger partial charge in [0, 0.05) is 31.6 Å². The highest BCUT2D eigenvalue weighted by atomic mass is 16.5. The van der Waals surface area contributed by atoms with E-state index in [-0.39, 0.29) is 11.5 Å². The monoisotopic (exact) mass is 343 g/mol. The van der Waals surface area contributed by atoms with Gasteiger partial charge in [0.1, 0.15) is 11.6 Å². The van der Waals surface area contributed by atoms with Gasteiger partial charge in [-0.3, -0.25) is 4.79 Å². The van der Waals surface area contributed by atoms with E-state index in [2.05, 4.69) is 29.7 Å². The third-order valence-corrected chi connectivity index (χ3v) is 3.80. The van der Waals surface area contributed by atoms with Crippen molar-refractivity contribution in [2.45, 2.75) is 47.0 Å². The summed E-state index contributed by atoms with van der Waals surface area (Å²) in [5.74, 6) is -0.369. The van der Waals surface area contributed by atoms with Crippen molar-refractivity contribution in [1.82, 2.24) is 5.32 Å². The van der Waals surface area contributed by atoms with Gasteiger partial charge in [-0.15, -0.1) is 0 Å². The van der Waals surface area contributed by atoms with Crippen molar-refractivity contribution in [3.8, 4) is 6.07 Å². The van der Waals surface area contributed by atoms with E-state index in [1.165, 1.54) is 11.8 Å². The molecule has 136 valence electrons. The fourth-order valence-corrected chi connectivity index (χ4v) is 2.52. The van der Waals surface area contributed by atoms with Crippen molar-refractivity contribution in [2.24, 2.45) is 0 Å². The SMILES string of the molecule is CCCCOCCCNC(=O)/C(C#N)=C\Nc1c(C)cc(C)cc1C. The van der Waals surface area contributed by atoms with Gasteiger partial charge in [-0.2, -0.15) is 5.26 Å². The molecule has 0 saturated heterocycles. The van der Waals surface area contributed by atoms with Crippen LogP contribution < -0.4 is 10.6 Å². The molecule has 1 aromatic carbocycles. The fourth-order valence-electron chi connectivity index (χ4n) is 2.52. The van der Waals surface area contributed by atoms with E-state index in [1.807, 2.05) is 26.8 Å². The van der Waals surface area contributed by atoms with Crippen LogP contribution in [0.5, 0.6) is 0 Å². The van der Waals surface area contributed by atoms with Crippen molar-refractivity contribution in [1.29, 1.82) is 5.26 Å². The van der Waals surface area contributed by atoms with Gasteiger partial charge < -0.3 is 15.4 Å². The van der Waals surface area contributed by atoms with Crippen LogP contribution in [0.4, 0.5) is 5.69 Å². The molecule has 0 atom stereocenters. The molecule has 2 N–H and O–H groups in total. The number of hydrogen-bond donors (Lipinski definition) is 2. The normalized spacial score (nSPS) is 11.1.